The Morgan fingerprint density at radius 1 is 1.45 bits per heavy atom. The summed E-state index contributed by atoms with van der Waals surface area (Å²) in [6, 6.07) is 0.152. The standard InChI is InChI=1S/C12H26BN3O3Si/c1-12(2,3)20(4,5)18-7-10-9(6-11(13)19-10)17-8-15-16-14/h9-11H,6-8,13H2,1-5H3/t9-,10-,11-/m1/s1. The molecule has 0 amide bonds. The highest BCUT2D eigenvalue weighted by atomic mass is 28.4. The first-order chi connectivity index (χ1) is 9.17. The van der Waals surface area contributed by atoms with E-state index in [9.17, 15) is 0 Å². The molecular weight excluding hydrogens is 273 g/mol. The van der Waals surface area contributed by atoms with E-state index in [4.69, 9.17) is 19.4 Å². The SMILES string of the molecule is B[C@H]1C[C@@H](OCN=[N+]=[N-])[C@@H](CO[Si](C)(C)C(C)(C)C)O1. The van der Waals surface area contributed by atoms with Crippen LogP contribution in [0.1, 0.15) is 27.2 Å². The van der Waals surface area contributed by atoms with Crippen molar-refractivity contribution in [3.63, 3.8) is 0 Å². The van der Waals surface area contributed by atoms with E-state index >= 15 is 0 Å². The van der Waals surface area contributed by atoms with Crippen LogP contribution in [-0.2, 0) is 13.9 Å². The summed E-state index contributed by atoms with van der Waals surface area (Å²) in [6.45, 7) is 11.7. The molecule has 0 saturated carbocycles. The topological polar surface area (TPSA) is 76.5 Å². The fourth-order valence-electron chi connectivity index (χ4n) is 1.90. The van der Waals surface area contributed by atoms with Gasteiger partial charge in [0.25, 0.3) is 0 Å². The van der Waals surface area contributed by atoms with Crippen molar-refractivity contribution in [3.8, 4) is 0 Å². The zero-order chi connectivity index (χ0) is 15.4. The van der Waals surface area contributed by atoms with Crippen LogP contribution in [0.3, 0.4) is 0 Å². The average Bonchev–Trinajstić information content (AvgIpc) is 2.66. The highest BCUT2D eigenvalue weighted by Gasteiger charge is 2.40. The summed E-state index contributed by atoms with van der Waals surface area (Å²) in [4.78, 5) is 2.69. The molecule has 0 bridgehead atoms. The maximum atomic E-state index is 8.29. The predicted molar refractivity (Wildman–Crippen MR) is 83.9 cm³/mol. The lowest BCUT2D eigenvalue weighted by Crippen LogP contribution is -2.44. The van der Waals surface area contributed by atoms with Crippen LogP contribution < -0.4 is 0 Å². The van der Waals surface area contributed by atoms with E-state index in [-0.39, 0.29) is 30.0 Å². The minimum atomic E-state index is -1.78. The summed E-state index contributed by atoms with van der Waals surface area (Å²) >= 11 is 0. The lowest BCUT2D eigenvalue weighted by molar-refractivity contribution is -0.0329. The third kappa shape index (κ3) is 4.79. The summed E-state index contributed by atoms with van der Waals surface area (Å²) in [5, 5.41) is 3.59. The van der Waals surface area contributed by atoms with Gasteiger partial charge >= 0.3 is 0 Å². The summed E-state index contributed by atoms with van der Waals surface area (Å²) in [5.74, 6) is 0. The van der Waals surface area contributed by atoms with Crippen molar-refractivity contribution in [1.82, 2.24) is 0 Å². The van der Waals surface area contributed by atoms with Crippen LogP contribution in [0, 0.1) is 0 Å². The van der Waals surface area contributed by atoms with Gasteiger partial charge in [0.2, 0.25) is 0 Å². The number of azide groups is 1. The summed E-state index contributed by atoms with van der Waals surface area (Å²) in [7, 11) is 0.244. The van der Waals surface area contributed by atoms with Gasteiger partial charge in [-0.05, 0) is 30.1 Å². The quantitative estimate of drug-likeness (QED) is 0.327. The van der Waals surface area contributed by atoms with E-state index in [1.165, 1.54) is 0 Å². The number of ether oxygens (including phenoxy) is 2. The molecule has 1 heterocycles. The Labute approximate surface area is 123 Å². The van der Waals surface area contributed by atoms with Gasteiger partial charge in [-0.25, -0.2) is 0 Å². The second kappa shape index (κ2) is 6.96. The van der Waals surface area contributed by atoms with Crippen molar-refractivity contribution >= 4 is 16.2 Å². The molecule has 0 unspecified atom stereocenters. The molecule has 0 spiro atoms. The fourth-order valence-corrected chi connectivity index (χ4v) is 2.92. The van der Waals surface area contributed by atoms with E-state index in [1.54, 1.807) is 0 Å². The maximum Gasteiger partial charge on any atom is 0.192 e. The van der Waals surface area contributed by atoms with Crippen LogP contribution in [-0.4, -0.2) is 47.7 Å². The minimum Gasteiger partial charge on any atom is -0.414 e. The monoisotopic (exact) mass is 299 g/mol. The molecule has 1 aliphatic heterocycles. The Morgan fingerprint density at radius 2 is 2.10 bits per heavy atom. The fraction of sp³-hybridized carbons (Fsp3) is 1.00. The molecule has 0 aromatic rings. The van der Waals surface area contributed by atoms with Crippen LogP contribution in [0.2, 0.25) is 18.1 Å². The smallest absolute Gasteiger partial charge is 0.192 e. The number of hydrogen-bond donors (Lipinski definition) is 0. The van der Waals surface area contributed by atoms with Gasteiger partial charge in [0.05, 0.1) is 12.7 Å². The number of nitrogens with zero attached hydrogens (tertiary/aromatic N) is 3. The van der Waals surface area contributed by atoms with Crippen LogP contribution in [0.25, 0.3) is 10.4 Å². The molecule has 0 aromatic heterocycles. The lowest BCUT2D eigenvalue weighted by Gasteiger charge is -2.37. The number of hydrogen-bond acceptors (Lipinski definition) is 4. The van der Waals surface area contributed by atoms with Crippen molar-refractivity contribution in [1.29, 1.82) is 0 Å². The van der Waals surface area contributed by atoms with Gasteiger partial charge in [0.1, 0.15) is 20.7 Å². The largest absolute Gasteiger partial charge is 0.414 e. The van der Waals surface area contributed by atoms with Crippen molar-refractivity contribution < 1.29 is 13.9 Å². The zero-order valence-corrected chi connectivity index (χ0v) is 14.4. The van der Waals surface area contributed by atoms with Gasteiger partial charge < -0.3 is 13.9 Å². The number of rotatable bonds is 6. The molecular formula is C12H26BN3O3Si. The third-order valence-corrected chi connectivity index (χ3v) is 8.71. The Bertz CT molecular complexity index is 369. The van der Waals surface area contributed by atoms with Gasteiger partial charge in [0, 0.05) is 10.9 Å². The van der Waals surface area contributed by atoms with Gasteiger partial charge in [-0.15, -0.1) is 0 Å². The maximum absolute atomic E-state index is 8.29. The normalized spacial score (nSPS) is 27.4. The molecule has 0 aliphatic carbocycles. The van der Waals surface area contributed by atoms with Crippen molar-refractivity contribution in [3.05, 3.63) is 10.4 Å². The molecule has 0 radical (unpaired) electrons. The van der Waals surface area contributed by atoms with E-state index in [1.807, 2.05) is 7.85 Å². The van der Waals surface area contributed by atoms with Gasteiger partial charge in [0.15, 0.2) is 8.32 Å². The molecule has 0 N–H and O–H groups in total. The molecule has 0 aromatic carbocycles. The van der Waals surface area contributed by atoms with Crippen molar-refractivity contribution in [2.75, 3.05) is 13.3 Å². The minimum absolute atomic E-state index is 0.0494. The van der Waals surface area contributed by atoms with Crippen LogP contribution >= 0.6 is 0 Å². The summed E-state index contributed by atoms with van der Waals surface area (Å²) < 4.78 is 17.6. The van der Waals surface area contributed by atoms with Crippen molar-refractivity contribution in [2.45, 2.75) is 63.5 Å². The van der Waals surface area contributed by atoms with Gasteiger partial charge in [-0.1, -0.05) is 25.9 Å². The van der Waals surface area contributed by atoms with Crippen LogP contribution in [0.4, 0.5) is 0 Å². The molecule has 1 fully saturated rings. The highest BCUT2D eigenvalue weighted by Crippen LogP contribution is 2.37. The highest BCUT2D eigenvalue weighted by molar-refractivity contribution is 6.74. The summed E-state index contributed by atoms with van der Waals surface area (Å²) in [6.07, 6.45) is 0.681. The molecule has 3 atom stereocenters. The lowest BCUT2D eigenvalue weighted by atomic mass is 9.96. The third-order valence-electron chi connectivity index (χ3n) is 4.21. The van der Waals surface area contributed by atoms with Crippen molar-refractivity contribution in [2.24, 2.45) is 5.11 Å². The Hall–Kier alpha value is -0.528. The molecule has 20 heavy (non-hydrogen) atoms. The second-order valence-electron chi connectivity index (χ2n) is 6.86. The van der Waals surface area contributed by atoms with Gasteiger partial charge in [-0.2, -0.15) is 0 Å². The van der Waals surface area contributed by atoms with Gasteiger partial charge in [-0.3, -0.25) is 0 Å². The summed E-state index contributed by atoms with van der Waals surface area (Å²) in [5.41, 5.74) is 8.29. The Balaban J connectivity index is 2.54. The first-order valence-electron chi connectivity index (χ1n) is 7.09. The first kappa shape index (κ1) is 17.5. The first-order valence-corrected chi connectivity index (χ1v) is 10.00. The predicted octanol–water partition coefficient (Wildman–Crippen LogP) is 2.41. The van der Waals surface area contributed by atoms with E-state index in [0.29, 0.717) is 6.61 Å². The molecule has 114 valence electrons. The molecule has 1 saturated heterocycles. The van der Waals surface area contributed by atoms with E-state index < -0.39 is 8.32 Å². The second-order valence-corrected chi connectivity index (χ2v) is 11.7. The molecule has 1 rings (SSSR count). The van der Waals surface area contributed by atoms with E-state index in [0.717, 1.165) is 6.42 Å². The Kier molecular flexibility index (Phi) is 6.09. The molecule has 8 heteroatoms. The van der Waals surface area contributed by atoms with Crippen LogP contribution in [0.15, 0.2) is 5.11 Å². The Morgan fingerprint density at radius 3 is 2.65 bits per heavy atom. The molecule has 1 aliphatic rings. The zero-order valence-electron chi connectivity index (χ0n) is 13.4. The average molecular weight is 299 g/mol. The van der Waals surface area contributed by atoms with Crippen LogP contribution in [0.5, 0.6) is 0 Å². The molecule has 6 nitrogen and oxygen atoms in total. The van der Waals surface area contributed by atoms with E-state index in [2.05, 4.69) is 43.9 Å².